The second-order valence-electron chi connectivity index (χ2n) is 4.43. The van der Waals surface area contributed by atoms with Crippen LogP contribution in [-0.2, 0) is 26.0 Å². The zero-order valence-electron chi connectivity index (χ0n) is 10.9. The Morgan fingerprint density at radius 1 is 1.19 bits per heavy atom. The molecular weight excluding hydrogens is 302 g/mol. The first-order valence-electron chi connectivity index (χ1n) is 6.00. The largest absolute Gasteiger partial charge is 0.493 e. The van der Waals surface area contributed by atoms with E-state index in [1.54, 1.807) is 0 Å². The summed E-state index contributed by atoms with van der Waals surface area (Å²) in [4.78, 5) is 21.3. The Kier molecular flexibility index (Phi) is 4.14. The number of benzene rings is 1. The van der Waals surface area contributed by atoms with Gasteiger partial charge in [-0.3, -0.25) is 9.59 Å². The average molecular weight is 315 g/mol. The van der Waals surface area contributed by atoms with Crippen molar-refractivity contribution in [3.05, 3.63) is 23.8 Å². The van der Waals surface area contributed by atoms with Gasteiger partial charge in [0.15, 0.2) is 0 Å². The number of rotatable bonds is 6. The van der Waals surface area contributed by atoms with Crippen molar-refractivity contribution >= 4 is 22.0 Å². The molecule has 2 rings (SSSR count). The molecule has 1 aromatic rings. The van der Waals surface area contributed by atoms with Gasteiger partial charge in [-0.1, -0.05) is 0 Å². The van der Waals surface area contributed by atoms with Gasteiger partial charge in [-0.25, -0.2) is 8.42 Å². The quantitative estimate of drug-likeness (QED) is 0.744. The van der Waals surface area contributed by atoms with Gasteiger partial charge in [0.2, 0.25) is 10.0 Å². The van der Waals surface area contributed by atoms with E-state index >= 15 is 0 Å². The van der Waals surface area contributed by atoms with Gasteiger partial charge in [0, 0.05) is 6.42 Å². The van der Waals surface area contributed by atoms with Crippen molar-refractivity contribution in [2.45, 2.75) is 11.3 Å². The molecule has 0 spiro atoms. The summed E-state index contributed by atoms with van der Waals surface area (Å²) in [6.07, 6.45) is 0.552. The van der Waals surface area contributed by atoms with Crippen molar-refractivity contribution in [2.75, 3.05) is 19.7 Å². The molecule has 1 heterocycles. The number of hydrogen-bond donors (Lipinski definition) is 2. The fourth-order valence-electron chi connectivity index (χ4n) is 2.00. The first-order chi connectivity index (χ1) is 9.80. The maximum absolute atomic E-state index is 12.4. The molecule has 0 saturated heterocycles. The van der Waals surface area contributed by atoms with E-state index in [9.17, 15) is 18.0 Å². The smallest absolute Gasteiger partial charge is 0.318 e. The van der Waals surface area contributed by atoms with Crippen LogP contribution in [0.15, 0.2) is 23.1 Å². The molecule has 1 aromatic carbocycles. The fraction of sp³-hybridized carbons (Fsp3) is 0.333. The van der Waals surface area contributed by atoms with E-state index in [0.29, 0.717) is 28.6 Å². The average Bonchev–Trinajstić information content (AvgIpc) is 2.83. The van der Waals surface area contributed by atoms with E-state index in [2.05, 4.69) is 0 Å². The predicted molar refractivity (Wildman–Crippen MR) is 69.7 cm³/mol. The third-order valence-electron chi connectivity index (χ3n) is 2.92. The highest BCUT2D eigenvalue weighted by atomic mass is 32.2. The zero-order valence-corrected chi connectivity index (χ0v) is 11.7. The van der Waals surface area contributed by atoms with Crippen LogP contribution in [0.2, 0.25) is 0 Å². The maximum Gasteiger partial charge on any atom is 0.318 e. The number of nitrogens with zero attached hydrogens (tertiary/aromatic N) is 1. The van der Waals surface area contributed by atoms with Crippen molar-refractivity contribution in [2.24, 2.45) is 0 Å². The third kappa shape index (κ3) is 3.31. The first kappa shape index (κ1) is 15.3. The molecule has 0 aliphatic carbocycles. The number of fused-ring (bicyclic) bond motifs is 1. The summed E-state index contributed by atoms with van der Waals surface area (Å²) < 4.78 is 30.4. The summed E-state index contributed by atoms with van der Waals surface area (Å²) in [5.74, 6) is -2.27. The molecule has 0 amide bonds. The molecule has 21 heavy (non-hydrogen) atoms. The molecule has 1 aliphatic rings. The summed E-state index contributed by atoms with van der Waals surface area (Å²) in [6, 6.07) is 4.14. The number of carbonyl (C=O) groups is 2. The minimum Gasteiger partial charge on any atom is -0.493 e. The molecule has 0 atom stereocenters. The Bertz CT molecular complexity index is 667. The highest BCUT2D eigenvalue weighted by Crippen LogP contribution is 2.28. The van der Waals surface area contributed by atoms with Gasteiger partial charge in [-0.2, -0.15) is 4.31 Å². The molecule has 0 fully saturated rings. The highest BCUT2D eigenvalue weighted by Gasteiger charge is 2.29. The van der Waals surface area contributed by atoms with E-state index in [0.717, 1.165) is 0 Å². The van der Waals surface area contributed by atoms with Gasteiger partial charge < -0.3 is 14.9 Å². The Hall–Kier alpha value is -2.13. The van der Waals surface area contributed by atoms with Crippen LogP contribution in [0.4, 0.5) is 0 Å². The summed E-state index contributed by atoms with van der Waals surface area (Å²) in [6.45, 7) is -1.38. The van der Waals surface area contributed by atoms with Gasteiger partial charge >= 0.3 is 11.9 Å². The molecule has 114 valence electrons. The topological polar surface area (TPSA) is 121 Å². The summed E-state index contributed by atoms with van der Waals surface area (Å²) in [5, 5.41) is 17.5. The SMILES string of the molecule is O=C(O)CN(CC(=O)O)S(=O)(=O)c1ccc2c(c1)CCO2. The molecule has 1 aliphatic heterocycles. The van der Waals surface area contributed by atoms with Crippen LogP contribution in [0.25, 0.3) is 0 Å². The van der Waals surface area contributed by atoms with Gasteiger partial charge in [-0.05, 0) is 23.8 Å². The fourth-order valence-corrected chi connectivity index (χ4v) is 3.39. The van der Waals surface area contributed by atoms with Gasteiger partial charge in [0.25, 0.3) is 0 Å². The Morgan fingerprint density at radius 2 is 1.81 bits per heavy atom. The van der Waals surface area contributed by atoms with Crippen LogP contribution in [0.1, 0.15) is 5.56 Å². The molecular formula is C12H13NO7S. The van der Waals surface area contributed by atoms with Crippen molar-refractivity contribution < 1.29 is 33.0 Å². The summed E-state index contributed by atoms with van der Waals surface area (Å²) >= 11 is 0. The lowest BCUT2D eigenvalue weighted by molar-refractivity contribution is -0.139. The third-order valence-corrected chi connectivity index (χ3v) is 4.71. The molecule has 0 radical (unpaired) electrons. The van der Waals surface area contributed by atoms with Crippen molar-refractivity contribution in [1.29, 1.82) is 0 Å². The molecule has 0 aromatic heterocycles. The number of carboxylic acid groups (broad SMARTS) is 2. The second kappa shape index (κ2) is 5.70. The van der Waals surface area contributed by atoms with Crippen molar-refractivity contribution in [3.8, 4) is 5.75 Å². The van der Waals surface area contributed by atoms with E-state index in [1.807, 2.05) is 0 Å². The standard InChI is InChI=1S/C12H13NO7S/c14-11(15)6-13(7-12(16)17)21(18,19)9-1-2-10-8(5-9)3-4-20-10/h1-2,5H,3-4,6-7H2,(H,14,15)(H,16,17). The van der Waals surface area contributed by atoms with E-state index < -0.39 is 35.1 Å². The van der Waals surface area contributed by atoms with E-state index in [1.165, 1.54) is 18.2 Å². The highest BCUT2D eigenvalue weighted by molar-refractivity contribution is 7.89. The van der Waals surface area contributed by atoms with Crippen LogP contribution in [0, 0.1) is 0 Å². The number of ether oxygens (including phenoxy) is 1. The second-order valence-corrected chi connectivity index (χ2v) is 6.37. The summed E-state index contributed by atoms with van der Waals surface area (Å²) in [7, 11) is -4.20. The van der Waals surface area contributed by atoms with Gasteiger partial charge in [0.05, 0.1) is 11.5 Å². The van der Waals surface area contributed by atoms with E-state index in [-0.39, 0.29) is 4.90 Å². The lowest BCUT2D eigenvalue weighted by Gasteiger charge is -2.18. The first-order valence-corrected chi connectivity index (χ1v) is 7.44. The van der Waals surface area contributed by atoms with Crippen LogP contribution in [0.5, 0.6) is 5.75 Å². The van der Waals surface area contributed by atoms with Crippen molar-refractivity contribution in [1.82, 2.24) is 4.31 Å². The van der Waals surface area contributed by atoms with Crippen LogP contribution in [-0.4, -0.2) is 54.6 Å². The van der Waals surface area contributed by atoms with Crippen molar-refractivity contribution in [3.63, 3.8) is 0 Å². The molecule has 0 bridgehead atoms. The lowest BCUT2D eigenvalue weighted by Crippen LogP contribution is -2.39. The molecule has 8 nitrogen and oxygen atoms in total. The van der Waals surface area contributed by atoms with Crippen LogP contribution in [0.3, 0.4) is 0 Å². The number of aliphatic carboxylic acids is 2. The monoisotopic (exact) mass is 315 g/mol. The van der Waals surface area contributed by atoms with Crippen LogP contribution >= 0.6 is 0 Å². The minimum absolute atomic E-state index is 0.144. The number of hydrogen-bond acceptors (Lipinski definition) is 5. The maximum atomic E-state index is 12.4. The molecule has 0 unspecified atom stereocenters. The minimum atomic E-state index is -4.20. The van der Waals surface area contributed by atoms with Crippen LogP contribution < -0.4 is 4.74 Å². The molecule has 0 saturated carbocycles. The number of carboxylic acids is 2. The molecule has 2 N–H and O–H groups in total. The Balaban J connectivity index is 2.37. The van der Waals surface area contributed by atoms with Gasteiger partial charge in [-0.15, -0.1) is 0 Å². The number of sulfonamides is 1. The Labute approximate surface area is 120 Å². The molecule has 9 heteroatoms. The Morgan fingerprint density at radius 3 is 2.38 bits per heavy atom. The van der Waals surface area contributed by atoms with E-state index in [4.69, 9.17) is 14.9 Å². The summed E-state index contributed by atoms with van der Waals surface area (Å²) in [5.41, 5.74) is 0.696. The zero-order chi connectivity index (χ0) is 15.6. The normalized spacial score (nSPS) is 13.8. The lowest BCUT2D eigenvalue weighted by atomic mass is 10.2. The van der Waals surface area contributed by atoms with Gasteiger partial charge in [0.1, 0.15) is 18.8 Å². The predicted octanol–water partition coefficient (Wildman–Crippen LogP) is -0.219.